The van der Waals surface area contributed by atoms with Crippen molar-refractivity contribution in [3.63, 3.8) is 0 Å². The van der Waals surface area contributed by atoms with Crippen LogP contribution in [0.2, 0.25) is 0 Å². The highest BCUT2D eigenvalue weighted by molar-refractivity contribution is 5.84. The van der Waals surface area contributed by atoms with Crippen molar-refractivity contribution in [1.82, 2.24) is 19.8 Å². The quantitative estimate of drug-likeness (QED) is 0.834. The van der Waals surface area contributed by atoms with Gasteiger partial charge in [0, 0.05) is 44.9 Å². The van der Waals surface area contributed by atoms with Crippen molar-refractivity contribution < 1.29 is 13.9 Å². The maximum Gasteiger partial charge on any atom is 0.264 e. The molecule has 3 atom stereocenters. The van der Waals surface area contributed by atoms with Gasteiger partial charge in [-0.1, -0.05) is 12.1 Å². The van der Waals surface area contributed by atoms with E-state index < -0.39 is 6.10 Å². The summed E-state index contributed by atoms with van der Waals surface area (Å²) in [6.45, 7) is 4.06. The number of likely N-dealkylation sites (tertiary alicyclic amines) is 2. The van der Waals surface area contributed by atoms with Crippen molar-refractivity contribution >= 4 is 5.91 Å². The van der Waals surface area contributed by atoms with E-state index in [2.05, 4.69) is 14.9 Å². The Hall–Kier alpha value is -2.54. The molecule has 2 aliphatic heterocycles. The van der Waals surface area contributed by atoms with E-state index in [1.54, 1.807) is 36.2 Å². The van der Waals surface area contributed by atoms with Gasteiger partial charge in [0.1, 0.15) is 11.6 Å². The minimum absolute atomic E-state index is 0.00213. The Morgan fingerprint density at radius 2 is 2.00 bits per heavy atom. The maximum atomic E-state index is 13.1. The van der Waals surface area contributed by atoms with E-state index in [0.29, 0.717) is 11.7 Å². The SMILES string of the molecule is Cc1nccc(O[C@@H]2C(=O)N(C)[C@@H]3CN(Cc4ccc(F)cc4)C[C@H]23)n1. The maximum absolute atomic E-state index is 13.1. The zero-order valence-electron chi connectivity index (χ0n) is 14.8. The number of fused-ring (bicyclic) bond motifs is 1. The number of ether oxygens (including phenoxy) is 1. The van der Waals surface area contributed by atoms with Crippen LogP contribution in [0.25, 0.3) is 0 Å². The predicted molar refractivity (Wildman–Crippen MR) is 92.9 cm³/mol. The number of carbonyl (C=O) groups excluding carboxylic acids is 1. The summed E-state index contributed by atoms with van der Waals surface area (Å²) >= 11 is 0. The molecule has 2 fully saturated rings. The van der Waals surface area contributed by atoms with Crippen molar-refractivity contribution in [2.45, 2.75) is 25.6 Å². The predicted octanol–water partition coefficient (Wildman–Crippen LogP) is 1.64. The molecule has 6 nitrogen and oxygen atoms in total. The number of halogens is 1. The van der Waals surface area contributed by atoms with E-state index in [-0.39, 0.29) is 23.7 Å². The first-order chi connectivity index (χ1) is 12.5. The van der Waals surface area contributed by atoms with Gasteiger partial charge >= 0.3 is 0 Å². The summed E-state index contributed by atoms with van der Waals surface area (Å²) in [5.41, 5.74) is 1.06. The molecule has 0 aliphatic carbocycles. The summed E-state index contributed by atoms with van der Waals surface area (Å²) in [4.78, 5) is 25.0. The lowest BCUT2D eigenvalue weighted by Crippen LogP contribution is -2.38. The number of nitrogens with zero attached hydrogens (tertiary/aromatic N) is 4. The largest absolute Gasteiger partial charge is 0.464 e. The Balaban J connectivity index is 1.48. The second-order valence-corrected chi connectivity index (χ2v) is 6.98. The molecule has 1 aromatic carbocycles. The molecule has 1 amide bonds. The first kappa shape index (κ1) is 16.9. The van der Waals surface area contributed by atoms with Crippen LogP contribution >= 0.6 is 0 Å². The summed E-state index contributed by atoms with van der Waals surface area (Å²) in [5, 5.41) is 0. The monoisotopic (exact) mass is 356 g/mol. The molecule has 0 bridgehead atoms. The van der Waals surface area contributed by atoms with Gasteiger partial charge in [-0.15, -0.1) is 0 Å². The molecule has 7 heteroatoms. The van der Waals surface area contributed by atoms with E-state index in [1.165, 1.54) is 12.1 Å². The van der Waals surface area contributed by atoms with Crippen LogP contribution in [0, 0.1) is 18.7 Å². The molecule has 2 saturated heterocycles. The molecule has 1 aromatic heterocycles. The van der Waals surface area contributed by atoms with Crippen molar-refractivity contribution in [1.29, 1.82) is 0 Å². The number of aryl methyl sites for hydroxylation is 1. The summed E-state index contributed by atoms with van der Waals surface area (Å²) in [6, 6.07) is 8.36. The van der Waals surface area contributed by atoms with Crippen LogP contribution < -0.4 is 4.74 Å². The highest BCUT2D eigenvalue weighted by Gasteiger charge is 2.52. The molecule has 0 N–H and O–H groups in total. The minimum atomic E-state index is -0.530. The molecule has 26 heavy (non-hydrogen) atoms. The Kier molecular flexibility index (Phi) is 4.32. The van der Waals surface area contributed by atoms with Crippen LogP contribution in [0.4, 0.5) is 4.39 Å². The van der Waals surface area contributed by atoms with Gasteiger partial charge in [-0.2, -0.15) is 4.98 Å². The second-order valence-electron chi connectivity index (χ2n) is 6.98. The zero-order valence-corrected chi connectivity index (χ0v) is 14.8. The molecular formula is C19H21FN4O2. The van der Waals surface area contributed by atoms with Gasteiger partial charge in [0.25, 0.3) is 5.91 Å². The Morgan fingerprint density at radius 1 is 1.23 bits per heavy atom. The second kappa shape index (κ2) is 6.64. The van der Waals surface area contributed by atoms with Crippen molar-refractivity contribution in [3.05, 3.63) is 53.7 Å². The molecule has 0 saturated carbocycles. The lowest BCUT2D eigenvalue weighted by Gasteiger charge is -2.22. The molecule has 2 aliphatic rings. The number of carbonyl (C=O) groups is 1. The van der Waals surface area contributed by atoms with Gasteiger partial charge in [-0.25, -0.2) is 9.37 Å². The Bertz CT molecular complexity index is 813. The van der Waals surface area contributed by atoms with E-state index in [4.69, 9.17) is 4.74 Å². The Morgan fingerprint density at radius 3 is 2.73 bits per heavy atom. The first-order valence-corrected chi connectivity index (χ1v) is 8.71. The van der Waals surface area contributed by atoms with Crippen LogP contribution in [0.5, 0.6) is 5.88 Å². The third kappa shape index (κ3) is 3.14. The standard InChI is InChI=1S/C19H21FN4O2/c1-12-21-8-7-17(22-12)26-18-15-10-24(11-16(15)23(2)19(18)25)9-13-3-5-14(20)6-4-13/h3-8,15-16,18H,9-11H2,1-2H3/t15-,16+,18-/m0/s1. The molecule has 3 heterocycles. The number of rotatable bonds is 4. The Labute approximate surface area is 151 Å². The third-order valence-electron chi connectivity index (χ3n) is 5.20. The number of hydrogen-bond donors (Lipinski definition) is 0. The lowest BCUT2D eigenvalue weighted by molar-refractivity contribution is -0.134. The van der Waals surface area contributed by atoms with Gasteiger partial charge in [0.2, 0.25) is 5.88 Å². The number of likely N-dealkylation sites (N-methyl/N-ethyl adjacent to an activating group) is 1. The van der Waals surface area contributed by atoms with E-state index in [0.717, 1.165) is 25.2 Å². The molecule has 0 spiro atoms. The average molecular weight is 356 g/mol. The first-order valence-electron chi connectivity index (χ1n) is 8.71. The van der Waals surface area contributed by atoms with Crippen LogP contribution in [0.1, 0.15) is 11.4 Å². The molecular weight excluding hydrogens is 335 g/mol. The van der Waals surface area contributed by atoms with Crippen molar-refractivity contribution in [2.24, 2.45) is 5.92 Å². The number of hydrogen-bond acceptors (Lipinski definition) is 5. The van der Waals surface area contributed by atoms with E-state index in [1.807, 2.05) is 7.05 Å². The molecule has 0 radical (unpaired) electrons. The van der Waals surface area contributed by atoms with E-state index in [9.17, 15) is 9.18 Å². The summed E-state index contributed by atoms with van der Waals surface area (Å²) in [7, 11) is 1.83. The number of aromatic nitrogens is 2. The van der Waals surface area contributed by atoms with Crippen LogP contribution in [0.15, 0.2) is 36.5 Å². The summed E-state index contributed by atoms with van der Waals surface area (Å²) in [5.74, 6) is 0.899. The lowest BCUT2D eigenvalue weighted by atomic mass is 10.0. The van der Waals surface area contributed by atoms with Gasteiger partial charge in [-0.3, -0.25) is 9.69 Å². The number of amides is 1. The van der Waals surface area contributed by atoms with Crippen molar-refractivity contribution in [2.75, 3.05) is 20.1 Å². The van der Waals surface area contributed by atoms with Crippen LogP contribution in [-0.2, 0) is 11.3 Å². The van der Waals surface area contributed by atoms with Crippen LogP contribution in [-0.4, -0.2) is 58.0 Å². The third-order valence-corrected chi connectivity index (χ3v) is 5.20. The van der Waals surface area contributed by atoms with Gasteiger partial charge in [0.05, 0.1) is 6.04 Å². The topological polar surface area (TPSA) is 58.6 Å². The van der Waals surface area contributed by atoms with Crippen molar-refractivity contribution in [3.8, 4) is 5.88 Å². The molecule has 2 aromatic rings. The van der Waals surface area contributed by atoms with E-state index >= 15 is 0 Å². The zero-order chi connectivity index (χ0) is 18.3. The molecule has 4 rings (SSSR count). The number of benzene rings is 1. The minimum Gasteiger partial charge on any atom is -0.464 e. The normalized spacial score (nSPS) is 25.6. The van der Waals surface area contributed by atoms with Gasteiger partial charge < -0.3 is 9.64 Å². The fourth-order valence-corrected chi connectivity index (χ4v) is 3.89. The fourth-order valence-electron chi connectivity index (χ4n) is 3.89. The molecule has 0 unspecified atom stereocenters. The average Bonchev–Trinajstić information content (AvgIpc) is 3.11. The highest BCUT2D eigenvalue weighted by atomic mass is 19.1. The smallest absolute Gasteiger partial charge is 0.264 e. The fraction of sp³-hybridized carbons (Fsp3) is 0.421. The molecule has 136 valence electrons. The van der Waals surface area contributed by atoms with Gasteiger partial charge in [0.15, 0.2) is 6.10 Å². The summed E-state index contributed by atoms with van der Waals surface area (Å²) < 4.78 is 19.0. The highest BCUT2D eigenvalue weighted by Crippen LogP contribution is 2.34. The van der Waals surface area contributed by atoms with Gasteiger partial charge in [-0.05, 0) is 24.6 Å². The summed E-state index contributed by atoms with van der Waals surface area (Å²) in [6.07, 6.45) is 1.10. The van der Waals surface area contributed by atoms with Crippen LogP contribution in [0.3, 0.4) is 0 Å².